The third-order valence-corrected chi connectivity index (χ3v) is 3.73. The fourth-order valence-electron chi connectivity index (χ4n) is 2.81. The summed E-state index contributed by atoms with van der Waals surface area (Å²) in [6.07, 6.45) is 0. The van der Waals surface area contributed by atoms with E-state index in [1.807, 2.05) is 24.3 Å². The van der Waals surface area contributed by atoms with Crippen molar-refractivity contribution in [2.24, 2.45) is 0 Å². The minimum Gasteiger partial charge on any atom is -0.465 e. The fourth-order valence-corrected chi connectivity index (χ4v) is 2.81. The summed E-state index contributed by atoms with van der Waals surface area (Å²) in [4.78, 5) is 28.4. The minimum atomic E-state index is -0.538. The Morgan fingerprint density at radius 2 is 1.95 bits per heavy atom. The molecule has 0 saturated heterocycles. The van der Waals surface area contributed by atoms with E-state index < -0.39 is 5.97 Å². The van der Waals surface area contributed by atoms with Crippen LogP contribution in [-0.4, -0.2) is 28.5 Å². The van der Waals surface area contributed by atoms with Crippen molar-refractivity contribution in [2.75, 3.05) is 12.8 Å². The van der Waals surface area contributed by atoms with E-state index >= 15 is 0 Å². The molecule has 2 aromatic heterocycles. The maximum absolute atomic E-state index is 12.0. The number of rotatable bonds is 1. The highest BCUT2D eigenvalue weighted by Gasteiger charge is 2.23. The largest absolute Gasteiger partial charge is 0.465 e. The zero-order valence-electron chi connectivity index (χ0n) is 12.5. The molecule has 0 spiro atoms. The number of nitrogens with two attached hydrogens (primary N) is 1. The van der Waals surface area contributed by atoms with Gasteiger partial charge in [-0.15, -0.1) is 0 Å². The van der Waals surface area contributed by atoms with E-state index in [1.54, 1.807) is 6.92 Å². The van der Waals surface area contributed by atoms with E-state index in [4.69, 9.17) is 10.5 Å². The molecule has 0 saturated carbocycles. The quantitative estimate of drug-likeness (QED) is 0.697. The number of aromatic nitrogens is 2. The topological polar surface area (TPSA) is 87.2 Å². The number of methoxy groups -OCH3 is 1. The lowest BCUT2D eigenvalue weighted by atomic mass is 10.1. The zero-order chi connectivity index (χ0) is 16.0. The first-order valence-corrected chi connectivity index (χ1v) is 6.75. The second kappa shape index (κ2) is 4.84. The molecule has 0 atom stereocenters. The number of fused-ring (bicyclic) bond motifs is 3. The summed E-state index contributed by atoms with van der Waals surface area (Å²) < 4.78 is 6.29. The van der Waals surface area contributed by atoms with Crippen molar-refractivity contribution >= 4 is 39.5 Å². The molecule has 6 nitrogen and oxygen atoms in total. The van der Waals surface area contributed by atoms with Crippen molar-refractivity contribution in [1.82, 2.24) is 9.55 Å². The summed E-state index contributed by atoms with van der Waals surface area (Å²) in [6, 6.07) is 7.37. The molecular formula is C16H15N3O3. The summed E-state index contributed by atoms with van der Waals surface area (Å²) in [5.74, 6) is -0.702. The Morgan fingerprint density at radius 3 is 2.59 bits per heavy atom. The number of pyridine rings is 1. The number of hydrogen-bond acceptors (Lipinski definition) is 5. The molecule has 0 aliphatic rings. The number of carbonyl (C=O) groups is 2. The van der Waals surface area contributed by atoms with Crippen LogP contribution in [0.4, 0.5) is 5.69 Å². The highest BCUT2D eigenvalue weighted by Crippen LogP contribution is 2.35. The summed E-state index contributed by atoms with van der Waals surface area (Å²) in [6.45, 7) is 3.14. The molecule has 2 N–H and O–H groups in total. The monoisotopic (exact) mass is 297 g/mol. The average Bonchev–Trinajstić information content (AvgIpc) is 2.80. The molecule has 3 aromatic rings. The number of hydrogen-bond donors (Lipinski definition) is 1. The van der Waals surface area contributed by atoms with Gasteiger partial charge in [0.05, 0.1) is 29.4 Å². The third kappa shape index (κ3) is 1.77. The van der Waals surface area contributed by atoms with Gasteiger partial charge in [-0.05, 0) is 13.0 Å². The highest BCUT2D eigenvalue weighted by molar-refractivity contribution is 6.19. The Morgan fingerprint density at radius 1 is 1.27 bits per heavy atom. The first kappa shape index (κ1) is 14.1. The molecule has 0 unspecified atom stereocenters. The van der Waals surface area contributed by atoms with Crippen molar-refractivity contribution < 1.29 is 14.3 Å². The number of para-hydroxylation sites is 1. The van der Waals surface area contributed by atoms with Crippen LogP contribution in [-0.2, 0) is 4.74 Å². The molecule has 0 aliphatic carbocycles. The van der Waals surface area contributed by atoms with Crippen molar-refractivity contribution in [2.45, 2.75) is 13.8 Å². The van der Waals surface area contributed by atoms with Crippen LogP contribution in [0.1, 0.15) is 27.8 Å². The molecule has 2 heterocycles. The molecule has 0 fully saturated rings. The first-order valence-electron chi connectivity index (χ1n) is 6.75. The Balaban J connectivity index is 2.58. The van der Waals surface area contributed by atoms with Crippen molar-refractivity contribution in [1.29, 1.82) is 0 Å². The van der Waals surface area contributed by atoms with Gasteiger partial charge in [0.1, 0.15) is 11.2 Å². The van der Waals surface area contributed by atoms with Gasteiger partial charge in [0.25, 0.3) is 0 Å². The Kier molecular flexibility index (Phi) is 3.09. The Hall–Kier alpha value is -2.89. The van der Waals surface area contributed by atoms with Gasteiger partial charge >= 0.3 is 5.97 Å². The van der Waals surface area contributed by atoms with Gasteiger partial charge in [-0.2, -0.15) is 0 Å². The summed E-state index contributed by atoms with van der Waals surface area (Å²) in [5.41, 5.74) is 8.33. The van der Waals surface area contributed by atoms with Gasteiger partial charge in [-0.3, -0.25) is 9.36 Å². The minimum absolute atomic E-state index is 0.164. The fraction of sp³-hybridized carbons (Fsp3) is 0.188. The maximum Gasteiger partial charge on any atom is 0.341 e. The van der Waals surface area contributed by atoms with Crippen molar-refractivity contribution in [3.63, 3.8) is 0 Å². The number of nitrogens with zero attached hydrogens (tertiary/aromatic N) is 2. The van der Waals surface area contributed by atoms with Gasteiger partial charge in [0.2, 0.25) is 5.91 Å². The Labute approximate surface area is 126 Å². The lowest BCUT2D eigenvalue weighted by Gasteiger charge is -2.09. The van der Waals surface area contributed by atoms with Gasteiger partial charge < -0.3 is 10.5 Å². The molecule has 0 aliphatic heterocycles. The third-order valence-electron chi connectivity index (χ3n) is 3.73. The van der Waals surface area contributed by atoms with E-state index in [1.165, 1.54) is 18.6 Å². The number of aryl methyl sites for hydroxylation is 1. The lowest BCUT2D eigenvalue weighted by Crippen LogP contribution is -2.12. The second-order valence-electron chi connectivity index (χ2n) is 5.05. The SMILES string of the molecule is COC(=O)c1c(C)nc2c(c1N)c1ccccc1n2C(C)=O. The van der Waals surface area contributed by atoms with Crippen molar-refractivity contribution in [3.8, 4) is 0 Å². The summed E-state index contributed by atoms with van der Waals surface area (Å²) in [7, 11) is 1.30. The molecule has 112 valence electrons. The summed E-state index contributed by atoms with van der Waals surface area (Å²) >= 11 is 0. The number of benzene rings is 1. The number of anilines is 1. The zero-order valence-corrected chi connectivity index (χ0v) is 12.5. The van der Waals surface area contributed by atoms with Crippen LogP contribution in [0.2, 0.25) is 0 Å². The van der Waals surface area contributed by atoms with Gasteiger partial charge in [0, 0.05) is 12.3 Å². The van der Waals surface area contributed by atoms with E-state index in [0.29, 0.717) is 22.2 Å². The molecular weight excluding hydrogens is 282 g/mol. The molecule has 0 radical (unpaired) electrons. The molecule has 0 bridgehead atoms. The van der Waals surface area contributed by atoms with Crippen molar-refractivity contribution in [3.05, 3.63) is 35.5 Å². The highest BCUT2D eigenvalue weighted by atomic mass is 16.5. The number of ether oxygens (including phenoxy) is 1. The average molecular weight is 297 g/mol. The lowest BCUT2D eigenvalue weighted by molar-refractivity contribution is 0.0600. The van der Waals surface area contributed by atoms with Crippen LogP contribution >= 0.6 is 0 Å². The smallest absolute Gasteiger partial charge is 0.341 e. The maximum atomic E-state index is 12.0. The van der Waals surface area contributed by atoms with Crippen LogP contribution in [0, 0.1) is 6.92 Å². The normalized spacial score (nSPS) is 11.0. The van der Waals surface area contributed by atoms with Crippen LogP contribution in [0.3, 0.4) is 0 Å². The van der Waals surface area contributed by atoms with Gasteiger partial charge in [-0.25, -0.2) is 9.78 Å². The standard InChI is InChI=1S/C16H15N3O3/c1-8-12(16(21)22-3)14(17)13-10-6-4-5-7-11(10)19(9(2)20)15(13)18-8/h4-7H,1-3H3,(H2,17,18). The van der Waals surface area contributed by atoms with Crippen LogP contribution in [0.15, 0.2) is 24.3 Å². The predicted molar refractivity (Wildman–Crippen MR) is 84.0 cm³/mol. The van der Waals surface area contributed by atoms with Gasteiger partial charge in [0.15, 0.2) is 0 Å². The molecule has 0 amide bonds. The summed E-state index contributed by atoms with van der Waals surface area (Å²) in [5, 5.41) is 1.37. The van der Waals surface area contributed by atoms with E-state index in [-0.39, 0.29) is 17.2 Å². The van der Waals surface area contributed by atoms with Crippen LogP contribution < -0.4 is 5.73 Å². The molecule has 6 heteroatoms. The molecule has 22 heavy (non-hydrogen) atoms. The molecule has 3 rings (SSSR count). The first-order chi connectivity index (χ1) is 10.5. The van der Waals surface area contributed by atoms with Crippen LogP contribution in [0.25, 0.3) is 21.9 Å². The molecule has 1 aromatic carbocycles. The number of nitrogen functional groups attached to an aromatic ring is 1. The van der Waals surface area contributed by atoms with E-state index in [2.05, 4.69) is 4.98 Å². The van der Waals surface area contributed by atoms with Gasteiger partial charge in [-0.1, -0.05) is 18.2 Å². The second-order valence-corrected chi connectivity index (χ2v) is 5.05. The van der Waals surface area contributed by atoms with E-state index in [0.717, 1.165) is 5.39 Å². The van der Waals surface area contributed by atoms with E-state index in [9.17, 15) is 9.59 Å². The predicted octanol–water partition coefficient (Wildman–Crippen LogP) is 2.53. The Bertz CT molecular complexity index is 941. The number of esters is 1. The van der Waals surface area contributed by atoms with Crippen LogP contribution in [0.5, 0.6) is 0 Å². The number of carbonyl (C=O) groups excluding carboxylic acids is 2.